The number of ether oxygens (including phenoxy) is 2. The summed E-state index contributed by atoms with van der Waals surface area (Å²) in [6, 6.07) is 10.7. The zero-order valence-electron chi connectivity index (χ0n) is 10.8. The molecule has 17 heavy (non-hydrogen) atoms. The smallest absolute Gasteiger partial charge is 0.0657 e. The van der Waals surface area contributed by atoms with Gasteiger partial charge in [0.2, 0.25) is 0 Å². The van der Waals surface area contributed by atoms with Gasteiger partial charge in [0, 0.05) is 20.8 Å². The van der Waals surface area contributed by atoms with Crippen molar-refractivity contribution >= 4 is 0 Å². The Bertz CT molecular complexity index is 277. The van der Waals surface area contributed by atoms with E-state index in [0.29, 0.717) is 6.61 Å². The molecule has 0 aliphatic rings. The van der Waals surface area contributed by atoms with E-state index in [-0.39, 0.29) is 6.04 Å². The van der Waals surface area contributed by atoms with Crippen molar-refractivity contribution in [3.05, 3.63) is 35.9 Å². The van der Waals surface area contributed by atoms with Gasteiger partial charge in [0.1, 0.15) is 0 Å². The fraction of sp³-hybridized carbons (Fsp3) is 0.571. The average molecular weight is 237 g/mol. The van der Waals surface area contributed by atoms with Crippen LogP contribution in [-0.4, -0.2) is 34.0 Å². The lowest BCUT2D eigenvalue weighted by atomic mass is 10.1. The molecule has 0 aromatic heterocycles. The van der Waals surface area contributed by atoms with Crippen molar-refractivity contribution in [2.45, 2.75) is 18.9 Å². The first-order valence-electron chi connectivity index (χ1n) is 6.14. The first-order valence-corrected chi connectivity index (χ1v) is 6.14. The minimum Gasteiger partial charge on any atom is -0.385 e. The largest absolute Gasteiger partial charge is 0.385 e. The van der Waals surface area contributed by atoms with Crippen molar-refractivity contribution in [3.63, 3.8) is 0 Å². The average Bonchev–Trinajstić information content (AvgIpc) is 2.38. The summed E-state index contributed by atoms with van der Waals surface area (Å²) >= 11 is 0. The van der Waals surface area contributed by atoms with Gasteiger partial charge in [0.05, 0.1) is 12.6 Å². The van der Waals surface area contributed by atoms with Crippen LogP contribution >= 0.6 is 0 Å². The van der Waals surface area contributed by atoms with E-state index in [2.05, 4.69) is 29.6 Å². The van der Waals surface area contributed by atoms with E-state index in [1.54, 1.807) is 14.2 Å². The predicted molar refractivity (Wildman–Crippen MR) is 70.2 cm³/mol. The lowest BCUT2D eigenvalue weighted by molar-refractivity contribution is 0.164. The number of benzene rings is 1. The molecule has 0 saturated heterocycles. The lowest BCUT2D eigenvalue weighted by Gasteiger charge is -2.18. The molecule has 0 fully saturated rings. The molecule has 0 amide bonds. The third-order valence-corrected chi connectivity index (χ3v) is 2.70. The van der Waals surface area contributed by atoms with Crippen LogP contribution < -0.4 is 5.32 Å². The van der Waals surface area contributed by atoms with Gasteiger partial charge in [-0.3, -0.25) is 0 Å². The Morgan fingerprint density at radius 3 is 2.47 bits per heavy atom. The molecule has 0 radical (unpaired) electrons. The summed E-state index contributed by atoms with van der Waals surface area (Å²) in [6.45, 7) is 2.53. The maximum atomic E-state index is 5.25. The zero-order valence-corrected chi connectivity index (χ0v) is 10.8. The molecule has 1 N–H and O–H groups in total. The van der Waals surface area contributed by atoms with Crippen LogP contribution in [0.15, 0.2) is 30.3 Å². The van der Waals surface area contributed by atoms with E-state index in [0.717, 1.165) is 26.0 Å². The van der Waals surface area contributed by atoms with Gasteiger partial charge in [-0.1, -0.05) is 30.3 Å². The molecule has 0 heterocycles. The maximum Gasteiger partial charge on any atom is 0.0657 e. The molecule has 0 saturated carbocycles. The second-order valence-corrected chi connectivity index (χ2v) is 4.07. The molecular weight excluding hydrogens is 214 g/mol. The van der Waals surface area contributed by atoms with Crippen molar-refractivity contribution < 1.29 is 9.47 Å². The summed E-state index contributed by atoms with van der Waals surface area (Å²) in [5, 5.41) is 3.52. The Hall–Kier alpha value is -0.900. The molecule has 3 heteroatoms. The molecule has 96 valence electrons. The van der Waals surface area contributed by atoms with Crippen LogP contribution in [0.3, 0.4) is 0 Å². The number of methoxy groups -OCH3 is 2. The van der Waals surface area contributed by atoms with E-state index in [1.165, 1.54) is 5.56 Å². The predicted octanol–water partition coefficient (Wildman–Crippen LogP) is 2.39. The molecular formula is C14H23NO2. The molecule has 1 aromatic rings. The van der Waals surface area contributed by atoms with E-state index in [9.17, 15) is 0 Å². The monoisotopic (exact) mass is 237 g/mol. The lowest BCUT2D eigenvalue weighted by Crippen LogP contribution is -2.26. The van der Waals surface area contributed by atoms with E-state index < -0.39 is 0 Å². The maximum absolute atomic E-state index is 5.25. The topological polar surface area (TPSA) is 30.5 Å². The number of rotatable bonds is 9. The molecule has 1 unspecified atom stereocenters. The van der Waals surface area contributed by atoms with Gasteiger partial charge in [-0.25, -0.2) is 0 Å². The van der Waals surface area contributed by atoms with Gasteiger partial charge in [0.25, 0.3) is 0 Å². The van der Waals surface area contributed by atoms with Crippen molar-refractivity contribution in [3.8, 4) is 0 Å². The van der Waals surface area contributed by atoms with Gasteiger partial charge >= 0.3 is 0 Å². The Morgan fingerprint density at radius 1 is 1.06 bits per heavy atom. The van der Waals surface area contributed by atoms with Gasteiger partial charge in [-0.05, 0) is 24.9 Å². The summed E-state index contributed by atoms with van der Waals surface area (Å²) in [4.78, 5) is 0. The van der Waals surface area contributed by atoms with E-state index in [4.69, 9.17) is 9.47 Å². The van der Waals surface area contributed by atoms with Crippen LogP contribution in [0.5, 0.6) is 0 Å². The summed E-state index contributed by atoms with van der Waals surface area (Å²) in [7, 11) is 3.48. The first-order chi connectivity index (χ1) is 8.38. The summed E-state index contributed by atoms with van der Waals surface area (Å²) < 4.78 is 10.3. The summed E-state index contributed by atoms with van der Waals surface area (Å²) in [5.74, 6) is 0. The number of unbranched alkanes of at least 4 members (excludes halogenated alkanes) is 1. The van der Waals surface area contributed by atoms with Gasteiger partial charge in [0.15, 0.2) is 0 Å². The molecule has 0 spiro atoms. The highest BCUT2D eigenvalue weighted by Crippen LogP contribution is 2.12. The highest BCUT2D eigenvalue weighted by Gasteiger charge is 2.09. The minimum absolute atomic E-state index is 0.281. The normalized spacial score (nSPS) is 12.6. The summed E-state index contributed by atoms with van der Waals surface area (Å²) in [6.07, 6.45) is 2.22. The van der Waals surface area contributed by atoms with Crippen LogP contribution in [0.4, 0.5) is 0 Å². The highest BCUT2D eigenvalue weighted by atomic mass is 16.5. The number of hydrogen-bond acceptors (Lipinski definition) is 3. The Kier molecular flexibility index (Phi) is 7.63. The third-order valence-electron chi connectivity index (χ3n) is 2.70. The molecule has 1 aromatic carbocycles. The SMILES string of the molecule is COCCCCNC(COC)c1ccccc1. The molecule has 0 aliphatic heterocycles. The molecule has 0 bridgehead atoms. The van der Waals surface area contributed by atoms with E-state index >= 15 is 0 Å². The van der Waals surface area contributed by atoms with Crippen molar-refractivity contribution in [1.29, 1.82) is 0 Å². The standard InChI is InChI=1S/C14H23NO2/c1-16-11-7-6-10-15-14(12-17-2)13-8-4-3-5-9-13/h3-5,8-9,14-15H,6-7,10-12H2,1-2H3. The highest BCUT2D eigenvalue weighted by molar-refractivity contribution is 5.18. The fourth-order valence-electron chi connectivity index (χ4n) is 1.77. The van der Waals surface area contributed by atoms with Crippen molar-refractivity contribution in [2.24, 2.45) is 0 Å². The van der Waals surface area contributed by atoms with Crippen LogP contribution in [0.25, 0.3) is 0 Å². The van der Waals surface area contributed by atoms with Gasteiger partial charge in [-0.2, -0.15) is 0 Å². The Balaban J connectivity index is 2.33. The fourth-order valence-corrected chi connectivity index (χ4v) is 1.77. The van der Waals surface area contributed by atoms with Crippen molar-refractivity contribution in [2.75, 3.05) is 34.0 Å². The third kappa shape index (κ3) is 5.82. The van der Waals surface area contributed by atoms with Crippen molar-refractivity contribution in [1.82, 2.24) is 5.32 Å². The van der Waals surface area contributed by atoms with Crippen LogP contribution in [0, 0.1) is 0 Å². The van der Waals surface area contributed by atoms with Crippen LogP contribution in [0.1, 0.15) is 24.4 Å². The quantitative estimate of drug-likeness (QED) is 0.669. The second kappa shape index (κ2) is 9.16. The van der Waals surface area contributed by atoms with Crippen LogP contribution in [0.2, 0.25) is 0 Å². The summed E-state index contributed by atoms with van der Waals surface area (Å²) in [5.41, 5.74) is 1.28. The Labute approximate surface area is 104 Å². The van der Waals surface area contributed by atoms with Gasteiger partial charge in [-0.15, -0.1) is 0 Å². The molecule has 0 aliphatic carbocycles. The van der Waals surface area contributed by atoms with Crippen LogP contribution in [-0.2, 0) is 9.47 Å². The van der Waals surface area contributed by atoms with E-state index in [1.807, 2.05) is 6.07 Å². The molecule has 1 atom stereocenters. The molecule has 1 rings (SSSR count). The minimum atomic E-state index is 0.281. The molecule has 3 nitrogen and oxygen atoms in total. The zero-order chi connectivity index (χ0) is 12.3. The van der Waals surface area contributed by atoms with Gasteiger partial charge < -0.3 is 14.8 Å². The number of nitrogens with one attached hydrogen (secondary N) is 1. The second-order valence-electron chi connectivity index (χ2n) is 4.07. The first kappa shape index (κ1) is 14.2. The Morgan fingerprint density at radius 2 is 1.82 bits per heavy atom. The number of hydrogen-bond donors (Lipinski definition) is 1.